The molecular formula is C20H20O6. The van der Waals surface area contributed by atoms with Gasteiger partial charge in [0.15, 0.2) is 23.9 Å². The average molecular weight is 356 g/mol. The molecule has 2 aromatic carbocycles. The quantitative estimate of drug-likeness (QED) is 0.560. The number of ether oxygens (including phenoxy) is 4. The van der Waals surface area contributed by atoms with Gasteiger partial charge in [-0.1, -0.05) is 6.92 Å². The van der Waals surface area contributed by atoms with E-state index in [4.69, 9.17) is 18.9 Å². The predicted octanol–water partition coefficient (Wildman–Crippen LogP) is 3.29. The van der Waals surface area contributed by atoms with Crippen LogP contribution < -0.4 is 14.2 Å². The maximum absolute atomic E-state index is 12.2. The van der Waals surface area contributed by atoms with Gasteiger partial charge >= 0.3 is 5.97 Å². The summed E-state index contributed by atoms with van der Waals surface area (Å²) in [6.07, 6.45) is 0.908. The first-order valence-corrected chi connectivity index (χ1v) is 8.50. The first-order valence-electron chi connectivity index (χ1n) is 8.50. The van der Waals surface area contributed by atoms with Gasteiger partial charge in [0.1, 0.15) is 19.0 Å². The summed E-state index contributed by atoms with van der Waals surface area (Å²) in [5.74, 6) is 0.957. The van der Waals surface area contributed by atoms with Crippen molar-refractivity contribution in [2.24, 2.45) is 0 Å². The standard InChI is InChI=1S/C20H20O6/c1-2-9-23-16-6-3-14(4-7-16)20(22)26-13-17(21)15-5-8-18-19(12-15)25-11-10-24-18/h3-8,12H,2,9-11,13H2,1H3. The van der Waals surface area contributed by atoms with Gasteiger partial charge < -0.3 is 18.9 Å². The fourth-order valence-electron chi connectivity index (χ4n) is 2.42. The van der Waals surface area contributed by atoms with Gasteiger partial charge in [0.2, 0.25) is 0 Å². The molecule has 0 saturated carbocycles. The van der Waals surface area contributed by atoms with E-state index < -0.39 is 5.97 Å². The number of esters is 1. The Morgan fingerprint density at radius 2 is 1.65 bits per heavy atom. The lowest BCUT2D eigenvalue weighted by Crippen LogP contribution is -2.17. The highest BCUT2D eigenvalue weighted by Crippen LogP contribution is 2.30. The molecule has 0 aromatic heterocycles. The van der Waals surface area contributed by atoms with Gasteiger partial charge in [-0.05, 0) is 48.9 Å². The van der Waals surface area contributed by atoms with E-state index in [2.05, 4.69) is 0 Å². The van der Waals surface area contributed by atoms with E-state index in [1.807, 2.05) is 6.92 Å². The predicted molar refractivity (Wildman–Crippen MR) is 94.3 cm³/mol. The van der Waals surface area contributed by atoms with Gasteiger partial charge in [-0.15, -0.1) is 0 Å². The lowest BCUT2D eigenvalue weighted by atomic mass is 10.1. The normalized spacial score (nSPS) is 12.3. The van der Waals surface area contributed by atoms with Crippen LogP contribution in [-0.4, -0.2) is 38.2 Å². The zero-order valence-corrected chi connectivity index (χ0v) is 14.5. The van der Waals surface area contributed by atoms with Crippen LogP contribution in [-0.2, 0) is 4.74 Å². The molecule has 0 fully saturated rings. The number of Topliss-reactive ketones (excluding diaryl/α,β-unsaturated/α-hetero) is 1. The lowest BCUT2D eigenvalue weighted by molar-refractivity contribution is 0.0474. The van der Waals surface area contributed by atoms with Crippen molar-refractivity contribution in [3.63, 3.8) is 0 Å². The van der Waals surface area contributed by atoms with Crippen LogP contribution in [0.1, 0.15) is 34.1 Å². The van der Waals surface area contributed by atoms with Gasteiger partial charge in [-0.25, -0.2) is 4.79 Å². The fourth-order valence-corrected chi connectivity index (χ4v) is 2.42. The van der Waals surface area contributed by atoms with E-state index in [-0.39, 0.29) is 12.4 Å². The molecule has 0 amide bonds. The van der Waals surface area contributed by atoms with Gasteiger partial charge in [0.05, 0.1) is 12.2 Å². The van der Waals surface area contributed by atoms with Crippen LogP contribution in [0.4, 0.5) is 0 Å². The third kappa shape index (κ3) is 4.33. The molecule has 0 aliphatic carbocycles. The van der Waals surface area contributed by atoms with Gasteiger partial charge in [0, 0.05) is 5.56 Å². The van der Waals surface area contributed by atoms with Crippen molar-refractivity contribution in [1.82, 2.24) is 0 Å². The third-order valence-corrected chi connectivity index (χ3v) is 3.76. The second kappa shape index (κ2) is 8.38. The Morgan fingerprint density at radius 1 is 0.962 bits per heavy atom. The molecule has 2 aromatic rings. The summed E-state index contributed by atoms with van der Waals surface area (Å²) in [6, 6.07) is 11.5. The Kier molecular flexibility index (Phi) is 5.73. The molecule has 0 spiro atoms. The third-order valence-electron chi connectivity index (χ3n) is 3.76. The zero-order chi connectivity index (χ0) is 18.4. The average Bonchev–Trinajstić information content (AvgIpc) is 2.70. The molecule has 3 rings (SSSR count). The van der Waals surface area contributed by atoms with E-state index in [9.17, 15) is 9.59 Å². The van der Waals surface area contributed by atoms with Crippen molar-refractivity contribution in [1.29, 1.82) is 0 Å². The minimum Gasteiger partial charge on any atom is -0.494 e. The van der Waals surface area contributed by atoms with E-state index in [1.165, 1.54) is 0 Å². The molecule has 0 N–H and O–H groups in total. The summed E-state index contributed by atoms with van der Waals surface area (Å²) in [5.41, 5.74) is 0.772. The number of hydrogen-bond acceptors (Lipinski definition) is 6. The van der Waals surface area contributed by atoms with E-state index >= 15 is 0 Å². The number of fused-ring (bicyclic) bond motifs is 1. The van der Waals surface area contributed by atoms with Crippen LogP contribution in [0.3, 0.4) is 0 Å². The second-order valence-corrected chi connectivity index (χ2v) is 5.73. The van der Waals surface area contributed by atoms with Crippen LogP contribution in [0.2, 0.25) is 0 Å². The Balaban J connectivity index is 1.56. The van der Waals surface area contributed by atoms with Crippen molar-refractivity contribution in [3.05, 3.63) is 53.6 Å². The molecule has 1 aliphatic rings. The lowest BCUT2D eigenvalue weighted by Gasteiger charge is -2.18. The van der Waals surface area contributed by atoms with Crippen LogP contribution >= 0.6 is 0 Å². The summed E-state index contributed by atoms with van der Waals surface area (Å²) in [6.45, 7) is 3.22. The smallest absolute Gasteiger partial charge is 0.338 e. The Bertz CT molecular complexity index is 781. The molecule has 136 valence electrons. The van der Waals surface area contributed by atoms with Crippen LogP contribution in [0, 0.1) is 0 Å². The monoisotopic (exact) mass is 356 g/mol. The van der Waals surface area contributed by atoms with Gasteiger partial charge in [-0.2, -0.15) is 0 Å². The van der Waals surface area contributed by atoms with Crippen LogP contribution in [0.5, 0.6) is 17.2 Å². The Morgan fingerprint density at radius 3 is 2.38 bits per heavy atom. The highest BCUT2D eigenvalue weighted by atomic mass is 16.6. The van der Waals surface area contributed by atoms with Crippen molar-refractivity contribution in [3.8, 4) is 17.2 Å². The summed E-state index contributed by atoms with van der Waals surface area (Å²) < 4.78 is 21.4. The summed E-state index contributed by atoms with van der Waals surface area (Å²) in [5, 5.41) is 0. The van der Waals surface area contributed by atoms with Gasteiger partial charge in [-0.3, -0.25) is 4.79 Å². The molecular weight excluding hydrogens is 336 g/mol. The summed E-state index contributed by atoms with van der Waals surface area (Å²) in [4.78, 5) is 24.3. The summed E-state index contributed by atoms with van der Waals surface area (Å²) in [7, 11) is 0. The van der Waals surface area contributed by atoms with E-state index in [0.29, 0.717) is 48.2 Å². The molecule has 1 heterocycles. The van der Waals surface area contributed by atoms with Gasteiger partial charge in [0.25, 0.3) is 0 Å². The maximum atomic E-state index is 12.2. The fraction of sp³-hybridized carbons (Fsp3) is 0.300. The molecule has 6 heteroatoms. The van der Waals surface area contributed by atoms with Crippen LogP contribution in [0.25, 0.3) is 0 Å². The molecule has 6 nitrogen and oxygen atoms in total. The number of ketones is 1. The number of carbonyl (C=O) groups excluding carboxylic acids is 2. The Labute approximate surface area is 151 Å². The number of hydrogen-bond donors (Lipinski definition) is 0. The van der Waals surface area contributed by atoms with E-state index in [0.717, 1.165) is 6.42 Å². The molecule has 0 atom stereocenters. The maximum Gasteiger partial charge on any atom is 0.338 e. The number of rotatable bonds is 7. The number of carbonyl (C=O) groups is 2. The van der Waals surface area contributed by atoms with Crippen molar-refractivity contribution in [2.75, 3.05) is 26.4 Å². The molecule has 26 heavy (non-hydrogen) atoms. The minimum absolute atomic E-state index is 0.307. The first kappa shape index (κ1) is 17.8. The molecule has 1 aliphatic heterocycles. The topological polar surface area (TPSA) is 71.1 Å². The largest absolute Gasteiger partial charge is 0.494 e. The van der Waals surface area contributed by atoms with Crippen LogP contribution in [0.15, 0.2) is 42.5 Å². The van der Waals surface area contributed by atoms with Crippen molar-refractivity contribution < 1.29 is 28.5 Å². The minimum atomic E-state index is -0.557. The second-order valence-electron chi connectivity index (χ2n) is 5.73. The highest BCUT2D eigenvalue weighted by Gasteiger charge is 2.16. The zero-order valence-electron chi connectivity index (χ0n) is 14.5. The van der Waals surface area contributed by atoms with Crippen molar-refractivity contribution >= 4 is 11.8 Å². The highest BCUT2D eigenvalue weighted by molar-refractivity contribution is 5.99. The molecule has 0 radical (unpaired) electrons. The number of benzene rings is 2. The molecule has 0 bridgehead atoms. The SMILES string of the molecule is CCCOc1ccc(C(=O)OCC(=O)c2ccc3c(c2)OCCO3)cc1. The first-order chi connectivity index (χ1) is 12.7. The van der Waals surface area contributed by atoms with Crippen molar-refractivity contribution in [2.45, 2.75) is 13.3 Å². The molecule has 0 saturated heterocycles. The Hall–Kier alpha value is -3.02. The molecule has 0 unspecified atom stereocenters. The van der Waals surface area contributed by atoms with E-state index in [1.54, 1.807) is 42.5 Å². The summed E-state index contributed by atoms with van der Waals surface area (Å²) >= 11 is 0.